The lowest BCUT2D eigenvalue weighted by molar-refractivity contribution is -0.128. The molecule has 0 fully saturated rings. The molecule has 0 aromatic carbocycles. The van der Waals surface area contributed by atoms with Gasteiger partial charge in [-0.2, -0.15) is 0 Å². The van der Waals surface area contributed by atoms with Crippen LogP contribution in [0.15, 0.2) is 24.4 Å². The van der Waals surface area contributed by atoms with Crippen molar-refractivity contribution in [3.05, 3.63) is 24.4 Å². The Morgan fingerprint density at radius 3 is 2.36 bits per heavy atom. The van der Waals surface area contributed by atoms with E-state index < -0.39 is 23.5 Å². The standard InChI is InChI=1S/C17H26N2O3/c1-6-8-10-13(20)11-9-12-18-16(22)15(17(3,4)5)19-14(21)7-2/h2,6,8-9,12-13,15,20H,10-11H2,1,3-5H3,(H,18,22)(H,19,21)/b8-6-,12-9-/t13-,15+/m0/s1. The van der Waals surface area contributed by atoms with Gasteiger partial charge in [-0.25, -0.2) is 0 Å². The Morgan fingerprint density at radius 2 is 1.86 bits per heavy atom. The van der Waals surface area contributed by atoms with Crippen molar-refractivity contribution in [3.8, 4) is 12.3 Å². The maximum absolute atomic E-state index is 12.1. The third-order valence-corrected chi connectivity index (χ3v) is 2.93. The first-order chi connectivity index (χ1) is 10.2. The second kappa shape index (κ2) is 9.80. The second-order valence-corrected chi connectivity index (χ2v) is 6.02. The molecule has 22 heavy (non-hydrogen) atoms. The molecule has 2 amide bonds. The highest BCUT2D eigenvalue weighted by molar-refractivity contribution is 5.97. The van der Waals surface area contributed by atoms with E-state index in [4.69, 9.17) is 6.42 Å². The molecule has 0 unspecified atom stereocenters. The fourth-order valence-electron chi connectivity index (χ4n) is 1.69. The van der Waals surface area contributed by atoms with E-state index in [1.807, 2.05) is 45.8 Å². The van der Waals surface area contributed by atoms with Crippen LogP contribution in [0.3, 0.4) is 0 Å². The number of terminal acetylenes is 1. The molecule has 5 heteroatoms. The van der Waals surface area contributed by atoms with Crippen LogP contribution in [0.4, 0.5) is 0 Å². The molecule has 0 radical (unpaired) electrons. The first kappa shape index (κ1) is 19.9. The highest BCUT2D eigenvalue weighted by Crippen LogP contribution is 2.19. The molecule has 0 aliphatic heterocycles. The zero-order valence-corrected chi connectivity index (χ0v) is 13.7. The van der Waals surface area contributed by atoms with Crippen molar-refractivity contribution in [2.45, 2.75) is 52.7 Å². The van der Waals surface area contributed by atoms with Gasteiger partial charge in [0.15, 0.2) is 0 Å². The Morgan fingerprint density at radius 1 is 1.27 bits per heavy atom. The number of carbonyl (C=O) groups is 2. The Hall–Kier alpha value is -2.06. The summed E-state index contributed by atoms with van der Waals surface area (Å²) in [5, 5.41) is 14.7. The van der Waals surface area contributed by atoms with E-state index in [2.05, 4.69) is 10.6 Å². The van der Waals surface area contributed by atoms with Gasteiger partial charge in [0, 0.05) is 0 Å². The van der Waals surface area contributed by atoms with E-state index in [1.54, 1.807) is 6.08 Å². The third-order valence-electron chi connectivity index (χ3n) is 2.93. The molecule has 0 aromatic heterocycles. The van der Waals surface area contributed by atoms with Crippen molar-refractivity contribution >= 4 is 11.8 Å². The molecule has 0 saturated carbocycles. The zero-order chi connectivity index (χ0) is 17.2. The van der Waals surface area contributed by atoms with E-state index in [9.17, 15) is 14.7 Å². The Labute approximate surface area is 132 Å². The first-order valence-corrected chi connectivity index (χ1v) is 7.24. The fraction of sp³-hybridized carbons (Fsp3) is 0.529. The van der Waals surface area contributed by atoms with Crippen molar-refractivity contribution in [1.29, 1.82) is 0 Å². The summed E-state index contributed by atoms with van der Waals surface area (Å²) in [6.07, 6.45) is 12.4. The zero-order valence-electron chi connectivity index (χ0n) is 13.7. The SMILES string of the molecule is C#CC(=O)N[C@H](C(=O)N/C=C\C[C@@H](O)C/C=C\C)C(C)(C)C. The van der Waals surface area contributed by atoms with E-state index in [-0.39, 0.29) is 5.91 Å². The van der Waals surface area contributed by atoms with E-state index in [0.717, 1.165) is 0 Å². The summed E-state index contributed by atoms with van der Waals surface area (Å²) < 4.78 is 0. The Balaban J connectivity index is 4.52. The minimum absolute atomic E-state index is 0.352. The highest BCUT2D eigenvalue weighted by Gasteiger charge is 2.31. The molecular weight excluding hydrogens is 280 g/mol. The van der Waals surface area contributed by atoms with E-state index in [0.29, 0.717) is 12.8 Å². The van der Waals surface area contributed by atoms with Crippen LogP contribution in [0, 0.1) is 17.8 Å². The van der Waals surface area contributed by atoms with Gasteiger partial charge in [-0.1, -0.05) is 39.0 Å². The normalized spacial score (nSPS) is 14.5. The molecule has 0 aliphatic rings. The van der Waals surface area contributed by atoms with Gasteiger partial charge in [-0.3, -0.25) is 9.59 Å². The maximum Gasteiger partial charge on any atom is 0.296 e. The molecule has 0 rings (SSSR count). The van der Waals surface area contributed by atoms with Crippen LogP contribution in [0.25, 0.3) is 0 Å². The quantitative estimate of drug-likeness (QED) is 0.493. The number of hydrogen-bond acceptors (Lipinski definition) is 3. The first-order valence-electron chi connectivity index (χ1n) is 7.24. The molecule has 5 nitrogen and oxygen atoms in total. The van der Waals surface area contributed by atoms with Gasteiger partial charge in [0.1, 0.15) is 6.04 Å². The largest absolute Gasteiger partial charge is 0.392 e. The minimum atomic E-state index is -0.742. The average molecular weight is 306 g/mol. The number of amides is 2. The third kappa shape index (κ3) is 8.28. The lowest BCUT2D eigenvalue weighted by Gasteiger charge is -2.29. The number of aliphatic hydroxyl groups is 1. The number of aliphatic hydroxyl groups excluding tert-OH is 1. The number of hydrogen-bond donors (Lipinski definition) is 3. The van der Waals surface area contributed by atoms with Crippen molar-refractivity contribution < 1.29 is 14.7 Å². The van der Waals surface area contributed by atoms with Gasteiger partial charge < -0.3 is 15.7 Å². The summed E-state index contributed by atoms with van der Waals surface area (Å²) in [7, 11) is 0. The van der Waals surface area contributed by atoms with Gasteiger partial charge in [-0.15, -0.1) is 6.42 Å². The van der Waals surface area contributed by atoms with Crippen LogP contribution in [-0.2, 0) is 9.59 Å². The van der Waals surface area contributed by atoms with Crippen LogP contribution < -0.4 is 10.6 Å². The molecule has 0 heterocycles. The molecule has 0 aliphatic carbocycles. The Bertz CT molecular complexity index is 467. The molecule has 3 N–H and O–H groups in total. The average Bonchev–Trinajstić information content (AvgIpc) is 2.45. The van der Waals surface area contributed by atoms with Crippen LogP contribution in [-0.4, -0.2) is 29.1 Å². The molecular formula is C17H26N2O3. The van der Waals surface area contributed by atoms with Crippen LogP contribution in [0.5, 0.6) is 0 Å². The smallest absolute Gasteiger partial charge is 0.296 e. The topological polar surface area (TPSA) is 78.4 Å². The summed E-state index contributed by atoms with van der Waals surface area (Å²) in [4.78, 5) is 23.4. The van der Waals surface area contributed by atoms with E-state index >= 15 is 0 Å². The molecule has 2 atom stereocenters. The second-order valence-electron chi connectivity index (χ2n) is 6.02. The molecule has 122 valence electrons. The molecule has 0 spiro atoms. The van der Waals surface area contributed by atoms with Gasteiger partial charge in [0.2, 0.25) is 5.91 Å². The summed E-state index contributed by atoms with van der Waals surface area (Å²) in [6.45, 7) is 7.38. The van der Waals surface area contributed by atoms with Gasteiger partial charge >= 0.3 is 0 Å². The fourth-order valence-corrected chi connectivity index (χ4v) is 1.69. The van der Waals surface area contributed by atoms with Crippen molar-refractivity contribution in [2.75, 3.05) is 0 Å². The van der Waals surface area contributed by atoms with Crippen molar-refractivity contribution in [2.24, 2.45) is 5.41 Å². The maximum atomic E-state index is 12.1. The summed E-state index contributed by atoms with van der Waals surface area (Å²) in [5.74, 6) is 0.961. The van der Waals surface area contributed by atoms with E-state index in [1.165, 1.54) is 6.20 Å². The Kier molecular flexibility index (Phi) is 8.88. The molecule has 0 bridgehead atoms. The van der Waals surface area contributed by atoms with Crippen LogP contribution >= 0.6 is 0 Å². The monoisotopic (exact) mass is 306 g/mol. The van der Waals surface area contributed by atoms with Crippen LogP contribution in [0.1, 0.15) is 40.5 Å². The summed E-state index contributed by atoms with van der Waals surface area (Å²) in [5.41, 5.74) is -0.476. The summed E-state index contributed by atoms with van der Waals surface area (Å²) in [6, 6.07) is -0.742. The highest BCUT2D eigenvalue weighted by atomic mass is 16.3. The van der Waals surface area contributed by atoms with Gasteiger partial charge in [-0.05, 0) is 37.3 Å². The van der Waals surface area contributed by atoms with Crippen molar-refractivity contribution in [1.82, 2.24) is 10.6 Å². The van der Waals surface area contributed by atoms with Gasteiger partial charge in [0.25, 0.3) is 5.91 Å². The lowest BCUT2D eigenvalue weighted by atomic mass is 9.86. The lowest BCUT2D eigenvalue weighted by Crippen LogP contribution is -2.52. The predicted octanol–water partition coefficient (Wildman–Crippen LogP) is 1.50. The molecule has 0 aromatic rings. The summed E-state index contributed by atoms with van der Waals surface area (Å²) >= 11 is 0. The van der Waals surface area contributed by atoms with Crippen molar-refractivity contribution in [3.63, 3.8) is 0 Å². The van der Waals surface area contributed by atoms with Gasteiger partial charge in [0.05, 0.1) is 6.10 Å². The molecule has 0 saturated heterocycles. The predicted molar refractivity (Wildman–Crippen MR) is 87.6 cm³/mol. The number of rotatable bonds is 7. The number of nitrogens with one attached hydrogen (secondary N) is 2. The number of allylic oxidation sites excluding steroid dienone is 1. The van der Waals surface area contributed by atoms with Crippen LogP contribution in [0.2, 0.25) is 0 Å². The number of carbonyl (C=O) groups excluding carboxylic acids is 2. The minimum Gasteiger partial charge on any atom is -0.392 e.